The molecule has 0 aromatic carbocycles. The van der Waals surface area contributed by atoms with Gasteiger partial charge in [-0.15, -0.1) is 0 Å². The van der Waals surface area contributed by atoms with Gasteiger partial charge in [-0.3, -0.25) is 0 Å². The van der Waals surface area contributed by atoms with E-state index in [9.17, 15) is 0 Å². The quantitative estimate of drug-likeness (QED) is 0.475. The van der Waals surface area contributed by atoms with Crippen molar-refractivity contribution in [2.75, 3.05) is 0 Å². The summed E-state index contributed by atoms with van der Waals surface area (Å²) in [7, 11) is 0. The van der Waals surface area contributed by atoms with Gasteiger partial charge in [0.25, 0.3) is 0 Å². The van der Waals surface area contributed by atoms with Crippen LogP contribution in [0.5, 0.6) is 0 Å². The van der Waals surface area contributed by atoms with Gasteiger partial charge in [0.2, 0.25) is 0 Å². The first-order valence-electron chi connectivity index (χ1n) is 7.74. The molecule has 0 rings (SSSR count). The van der Waals surface area contributed by atoms with Crippen LogP contribution in [0, 0.1) is 0 Å². The lowest BCUT2D eigenvalue weighted by atomic mass is 10.4. The molecule has 0 aromatic rings. The van der Waals surface area contributed by atoms with E-state index in [1.165, 1.54) is 38.5 Å². The fourth-order valence-corrected chi connectivity index (χ4v) is 0. The van der Waals surface area contributed by atoms with Gasteiger partial charge in [0.1, 0.15) is 0 Å². The highest BCUT2D eigenvalue weighted by Gasteiger charge is 1.57. The minimum absolute atomic E-state index is 1.32. The smallest absolute Gasteiger partial charge is 0.0564 e. The lowest BCUT2D eigenvalue weighted by Gasteiger charge is -1.68. The van der Waals surface area contributed by atoms with Gasteiger partial charge in [-0.1, -0.05) is 108 Å². The van der Waals surface area contributed by atoms with Crippen molar-refractivity contribution in [3.8, 4) is 0 Å². The maximum Gasteiger partial charge on any atom is -0.0564 e. The number of rotatable bonds is 3. The molecule has 0 N–H and O–H groups in total. The lowest BCUT2D eigenvalue weighted by molar-refractivity contribution is 0.886. The minimum Gasteiger partial charge on any atom is -0.0683 e. The van der Waals surface area contributed by atoms with Crippen LogP contribution in [-0.2, 0) is 0 Å². The van der Waals surface area contributed by atoms with Crippen molar-refractivity contribution in [2.45, 2.75) is 108 Å². The van der Waals surface area contributed by atoms with Gasteiger partial charge in [0.05, 0.1) is 0 Å². The van der Waals surface area contributed by atoms with Crippen molar-refractivity contribution in [3.05, 3.63) is 0 Å². The normalized spacial score (nSPS) is 6.38. The van der Waals surface area contributed by atoms with E-state index in [-0.39, 0.29) is 0 Å². The molecule has 0 bridgehead atoms. The Hall–Kier alpha value is 0. The van der Waals surface area contributed by atoms with Gasteiger partial charge in [-0.25, -0.2) is 0 Å². The Bertz CT molecular complexity index is 15.5. The maximum atomic E-state index is 2.18. The molecule has 0 aliphatic heterocycles. The van der Waals surface area contributed by atoms with Crippen LogP contribution in [0.4, 0.5) is 0 Å². The first kappa shape index (κ1) is 29.8. The highest BCUT2D eigenvalue weighted by Crippen LogP contribution is 1.77. The first-order valence-corrected chi connectivity index (χ1v) is 7.74. The van der Waals surface area contributed by atoms with E-state index in [4.69, 9.17) is 0 Å². The van der Waals surface area contributed by atoms with Crippen molar-refractivity contribution in [1.29, 1.82) is 0 Å². The summed E-state index contributed by atoms with van der Waals surface area (Å²) < 4.78 is 0. The van der Waals surface area contributed by atoms with Crippen LogP contribution >= 0.6 is 0 Å². The summed E-state index contributed by atoms with van der Waals surface area (Å²) in [5, 5.41) is 0. The summed E-state index contributed by atoms with van der Waals surface area (Å²) in [6.45, 7) is 21.1. The van der Waals surface area contributed by atoms with Crippen molar-refractivity contribution in [2.24, 2.45) is 0 Å². The molecule has 0 aliphatic rings. The lowest BCUT2D eigenvalue weighted by Crippen LogP contribution is -1.47. The molecule has 0 heterocycles. The van der Waals surface area contributed by atoms with Crippen LogP contribution in [0.25, 0.3) is 0 Å². The third-order valence-corrected chi connectivity index (χ3v) is 1.50. The molecule has 0 fully saturated rings. The Morgan fingerprint density at radius 3 is 0.375 bits per heavy atom. The van der Waals surface area contributed by atoms with Gasteiger partial charge in [0, 0.05) is 0 Å². The SMILES string of the molecule is CC.CC.CCCC.CCCC.CCCC. The van der Waals surface area contributed by atoms with Crippen molar-refractivity contribution < 1.29 is 0 Å². The van der Waals surface area contributed by atoms with Crippen LogP contribution < -0.4 is 0 Å². The Morgan fingerprint density at radius 2 is 0.375 bits per heavy atom. The Kier molecular flexibility index (Phi) is 152. The molecule has 0 saturated carbocycles. The van der Waals surface area contributed by atoms with Crippen LogP contribution in [0.1, 0.15) is 108 Å². The molecule has 0 amide bonds. The first-order chi connectivity index (χ1) is 7.74. The molecule has 0 aromatic heterocycles. The van der Waals surface area contributed by atoms with Crippen LogP contribution in [0.3, 0.4) is 0 Å². The molecule has 106 valence electrons. The van der Waals surface area contributed by atoms with E-state index in [1.54, 1.807) is 0 Å². The zero-order valence-corrected chi connectivity index (χ0v) is 14.2. The molecule has 0 unspecified atom stereocenters. The molecule has 0 nitrogen and oxygen atoms in total. The Morgan fingerprint density at radius 1 is 0.312 bits per heavy atom. The third-order valence-electron chi connectivity index (χ3n) is 1.50. The summed E-state index contributed by atoms with van der Waals surface area (Å²) in [5.74, 6) is 0. The molecule has 0 heteroatoms. The highest BCUT2D eigenvalue weighted by molar-refractivity contribution is 4.13. The van der Waals surface area contributed by atoms with E-state index in [0.717, 1.165) is 0 Å². The zero-order valence-electron chi connectivity index (χ0n) is 14.2. The van der Waals surface area contributed by atoms with Crippen LogP contribution in [-0.4, -0.2) is 0 Å². The number of hydrogen-bond acceptors (Lipinski definition) is 0. The van der Waals surface area contributed by atoms with Gasteiger partial charge < -0.3 is 0 Å². The van der Waals surface area contributed by atoms with Gasteiger partial charge in [-0.05, 0) is 0 Å². The van der Waals surface area contributed by atoms with Gasteiger partial charge in [0.15, 0.2) is 0 Å². The molecule has 16 heavy (non-hydrogen) atoms. The Labute approximate surface area is 108 Å². The fourth-order valence-electron chi connectivity index (χ4n) is 0. The molecule has 0 saturated heterocycles. The van der Waals surface area contributed by atoms with E-state index in [0.29, 0.717) is 0 Å². The average Bonchev–Trinajstić information content (AvgIpc) is 2.43. The number of unbranched alkanes of at least 4 members (excludes halogenated alkanes) is 3. The van der Waals surface area contributed by atoms with Crippen molar-refractivity contribution >= 4 is 0 Å². The molecule has 0 spiro atoms. The molecular weight excluding hydrogens is 192 g/mol. The van der Waals surface area contributed by atoms with E-state index < -0.39 is 0 Å². The predicted octanol–water partition coefficient (Wildman–Crippen LogP) is 7.47. The second kappa shape index (κ2) is 81.7. The number of hydrogen-bond donors (Lipinski definition) is 0. The summed E-state index contributed by atoms with van der Waals surface area (Å²) in [5.41, 5.74) is 0. The topological polar surface area (TPSA) is 0 Å². The monoisotopic (exact) mass is 234 g/mol. The predicted molar refractivity (Wildman–Crippen MR) is 84.4 cm³/mol. The third kappa shape index (κ3) is 263. The van der Waals surface area contributed by atoms with E-state index in [2.05, 4.69) is 41.5 Å². The largest absolute Gasteiger partial charge is 0.0683 e. The fraction of sp³-hybridized carbons (Fsp3) is 1.00. The van der Waals surface area contributed by atoms with Crippen molar-refractivity contribution in [3.63, 3.8) is 0 Å². The highest BCUT2D eigenvalue weighted by atomic mass is 13.6. The average molecular weight is 235 g/mol. The van der Waals surface area contributed by atoms with Crippen LogP contribution in [0.15, 0.2) is 0 Å². The molecule has 0 aliphatic carbocycles. The molecule has 0 atom stereocenters. The van der Waals surface area contributed by atoms with Gasteiger partial charge in [-0.2, -0.15) is 0 Å². The Balaban J connectivity index is -0.0000000327. The van der Waals surface area contributed by atoms with Crippen molar-refractivity contribution in [1.82, 2.24) is 0 Å². The summed E-state index contributed by atoms with van der Waals surface area (Å²) in [6, 6.07) is 0. The van der Waals surface area contributed by atoms with E-state index in [1.807, 2.05) is 27.7 Å². The summed E-state index contributed by atoms with van der Waals surface area (Å²) >= 11 is 0. The van der Waals surface area contributed by atoms with Crippen LogP contribution in [0.2, 0.25) is 0 Å². The summed E-state index contributed by atoms with van der Waals surface area (Å²) in [4.78, 5) is 0. The maximum absolute atomic E-state index is 2.18. The second-order valence-electron chi connectivity index (χ2n) is 3.00. The zero-order chi connectivity index (χ0) is 14.2. The standard InChI is InChI=1S/3C4H10.2C2H6/c3*1-3-4-2;2*1-2/h3*3-4H2,1-2H3;2*1-2H3. The summed E-state index contributed by atoms with van der Waals surface area (Å²) in [6.07, 6.45) is 7.92. The second-order valence-corrected chi connectivity index (χ2v) is 3.00. The minimum atomic E-state index is 1.32. The molecule has 0 radical (unpaired) electrons. The van der Waals surface area contributed by atoms with Gasteiger partial charge >= 0.3 is 0 Å². The molecular formula is C16H42. The van der Waals surface area contributed by atoms with E-state index >= 15 is 0 Å².